The zero-order valence-electron chi connectivity index (χ0n) is 11.0. The van der Waals surface area contributed by atoms with Crippen molar-refractivity contribution in [1.29, 1.82) is 0 Å². The van der Waals surface area contributed by atoms with Gasteiger partial charge in [-0.15, -0.1) is 22.7 Å². The van der Waals surface area contributed by atoms with Crippen molar-refractivity contribution in [2.45, 2.75) is 19.3 Å². The Balaban J connectivity index is 1.82. The van der Waals surface area contributed by atoms with Crippen molar-refractivity contribution >= 4 is 50.5 Å². The zero-order chi connectivity index (χ0) is 15.2. The van der Waals surface area contributed by atoms with Crippen LogP contribution in [-0.4, -0.2) is 28.5 Å². The standard InChI is InChI=1S/C13H13BrN2O3S2/c14-8-4-10(20-6-8)13-16-9(7-21-13)5-11(17)15-3-1-2-12(18)19/h4,6-7H,1-3,5H2,(H,15,17)(H,18,19). The lowest BCUT2D eigenvalue weighted by molar-refractivity contribution is -0.137. The lowest BCUT2D eigenvalue weighted by Gasteiger charge is -2.02. The number of aromatic nitrogens is 1. The van der Waals surface area contributed by atoms with Gasteiger partial charge in [-0.05, 0) is 28.4 Å². The van der Waals surface area contributed by atoms with E-state index in [0.717, 1.165) is 20.1 Å². The molecule has 2 N–H and O–H groups in total. The predicted molar refractivity (Wildman–Crippen MR) is 86.7 cm³/mol. The summed E-state index contributed by atoms with van der Waals surface area (Å²) in [4.78, 5) is 27.6. The summed E-state index contributed by atoms with van der Waals surface area (Å²) in [7, 11) is 0. The highest BCUT2D eigenvalue weighted by Gasteiger charge is 2.10. The van der Waals surface area contributed by atoms with Crippen molar-refractivity contribution in [3.8, 4) is 9.88 Å². The second-order valence-electron chi connectivity index (χ2n) is 4.30. The average Bonchev–Trinajstić information content (AvgIpc) is 3.03. The Bertz CT molecular complexity index is 639. The predicted octanol–water partition coefficient (Wildman–Crippen LogP) is 3.16. The highest BCUT2D eigenvalue weighted by atomic mass is 79.9. The van der Waals surface area contributed by atoms with Gasteiger partial charge in [0.25, 0.3) is 0 Å². The fourth-order valence-corrected chi connectivity index (χ4v) is 3.95. The van der Waals surface area contributed by atoms with Gasteiger partial charge in [-0.3, -0.25) is 9.59 Å². The normalized spacial score (nSPS) is 10.5. The second kappa shape index (κ2) is 7.67. The minimum absolute atomic E-state index is 0.0639. The molecule has 0 fully saturated rings. The molecule has 0 atom stereocenters. The molecular weight excluding hydrogens is 376 g/mol. The van der Waals surface area contributed by atoms with Gasteiger partial charge in [0.2, 0.25) is 5.91 Å². The average molecular weight is 389 g/mol. The van der Waals surface area contributed by atoms with Crippen LogP contribution in [0.25, 0.3) is 9.88 Å². The topological polar surface area (TPSA) is 79.3 Å². The number of rotatable bonds is 7. The Morgan fingerprint density at radius 3 is 2.81 bits per heavy atom. The van der Waals surface area contributed by atoms with E-state index in [4.69, 9.17) is 5.11 Å². The van der Waals surface area contributed by atoms with Gasteiger partial charge in [-0.1, -0.05) is 0 Å². The lowest BCUT2D eigenvalue weighted by atomic mass is 10.3. The number of thiophene rings is 1. The van der Waals surface area contributed by atoms with E-state index in [9.17, 15) is 9.59 Å². The van der Waals surface area contributed by atoms with Gasteiger partial charge in [0, 0.05) is 28.2 Å². The molecule has 0 aromatic carbocycles. The zero-order valence-corrected chi connectivity index (χ0v) is 14.2. The number of carbonyl (C=O) groups excluding carboxylic acids is 1. The number of amides is 1. The van der Waals surface area contributed by atoms with Crippen LogP contribution in [0.1, 0.15) is 18.5 Å². The smallest absolute Gasteiger partial charge is 0.303 e. The number of thiazole rings is 1. The number of nitrogens with one attached hydrogen (secondary N) is 1. The van der Waals surface area contributed by atoms with E-state index in [1.165, 1.54) is 11.3 Å². The largest absolute Gasteiger partial charge is 0.481 e. The second-order valence-corrected chi connectivity index (χ2v) is 6.98. The molecule has 0 saturated heterocycles. The van der Waals surface area contributed by atoms with Crippen LogP contribution >= 0.6 is 38.6 Å². The first kappa shape index (κ1) is 16.1. The van der Waals surface area contributed by atoms with Crippen LogP contribution in [0.4, 0.5) is 0 Å². The third-order valence-corrected chi connectivity index (χ3v) is 5.31. The SMILES string of the molecule is O=C(O)CCCNC(=O)Cc1csc(-c2cc(Br)cs2)n1. The van der Waals surface area contributed by atoms with Crippen molar-refractivity contribution in [2.24, 2.45) is 0 Å². The monoisotopic (exact) mass is 388 g/mol. The molecule has 1 amide bonds. The molecule has 5 nitrogen and oxygen atoms in total. The Labute approximate surface area is 138 Å². The molecule has 0 aliphatic rings. The van der Waals surface area contributed by atoms with Crippen LogP contribution in [-0.2, 0) is 16.0 Å². The molecule has 0 radical (unpaired) electrons. The summed E-state index contributed by atoms with van der Waals surface area (Å²) in [5.41, 5.74) is 0.732. The Morgan fingerprint density at radius 2 is 2.14 bits per heavy atom. The summed E-state index contributed by atoms with van der Waals surface area (Å²) in [5, 5.41) is 16.0. The Hall–Kier alpha value is -1.25. The van der Waals surface area contributed by atoms with Crippen LogP contribution in [0, 0.1) is 0 Å². The number of carboxylic acid groups (broad SMARTS) is 1. The minimum atomic E-state index is -0.851. The number of carboxylic acids is 1. The summed E-state index contributed by atoms with van der Waals surface area (Å²) in [6, 6.07) is 2.00. The highest BCUT2D eigenvalue weighted by molar-refractivity contribution is 9.10. The summed E-state index contributed by atoms with van der Waals surface area (Å²) in [5.74, 6) is -0.986. The third-order valence-electron chi connectivity index (χ3n) is 2.56. The van der Waals surface area contributed by atoms with Crippen LogP contribution < -0.4 is 5.32 Å². The van der Waals surface area contributed by atoms with E-state index in [0.29, 0.717) is 13.0 Å². The van der Waals surface area contributed by atoms with Crippen LogP contribution in [0.15, 0.2) is 21.3 Å². The van der Waals surface area contributed by atoms with E-state index in [1.54, 1.807) is 11.3 Å². The molecule has 0 spiro atoms. The number of aliphatic carboxylic acids is 1. The highest BCUT2D eigenvalue weighted by Crippen LogP contribution is 2.31. The summed E-state index contributed by atoms with van der Waals surface area (Å²) >= 11 is 6.51. The van der Waals surface area contributed by atoms with Gasteiger partial charge < -0.3 is 10.4 Å². The first-order chi connectivity index (χ1) is 10.0. The molecule has 21 heavy (non-hydrogen) atoms. The van der Waals surface area contributed by atoms with Gasteiger partial charge in [0.15, 0.2) is 0 Å². The molecule has 0 aliphatic heterocycles. The molecule has 112 valence electrons. The van der Waals surface area contributed by atoms with Crippen molar-refractivity contribution in [3.63, 3.8) is 0 Å². The molecule has 0 aliphatic carbocycles. The molecule has 2 heterocycles. The van der Waals surface area contributed by atoms with Crippen molar-refractivity contribution in [2.75, 3.05) is 6.54 Å². The van der Waals surface area contributed by atoms with E-state index in [1.807, 2.05) is 16.8 Å². The van der Waals surface area contributed by atoms with Crippen LogP contribution in [0.2, 0.25) is 0 Å². The molecule has 2 aromatic heterocycles. The van der Waals surface area contributed by atoms with Crippen molar-refractivity contribution in [1.82, 2.24) is 10.3 Å². The number of halogens is 1. The maximum absolute atomic E-state index is 11.7. The number of carbonyl (C=O) groups is 2. The van der Waals surface area contributed by atoms with Crippen molar-refractivity contribution in [3.05, 3.63) is 27.0 Å². The van der Waals surface area contributed by atoms with Gasteiger partial charge >= 0.3 is 5.97 Å². The fraction of sp³-hybridized carbons (Fsp3) is 0.308. The summed E-state index contributed by atoms with van der Waals surface area (Å²) in [6.07, 6.45) is 0.719. The summed E-state index contributed by atoms with van der Waals surface area (Å²) < 4.78 is 1.02. The third kappa shape index (κ3) is 5.22. The molecular formula is C13H13BrN2O3S2. The van der Waals surface area contributed by atoms with Crippen molar-refractivity contribution < 1.29 is 14.7 Å². The maximum atomic E-state index is 11.7. The maximum Gasteiger partial charge on any atom is 0.303 e. The number of hydrogen-bond acceptors (Lipinski definition) is 5. The number of nitrogens with zero attached hydrogens (tertiary/aromatic N) is 1. The van der Waals surface area contributed by atoms with Gasteiger partial charge in [-0.2, -0.15) is 0 Å². The lowest BCUT2D eigenvalue weighted by Crippen LogP contribution is -2.26. The summed E-state index contributed by atoms with van der Waals surface area (Å²) in [6.45, 7) is 0.375. The van der Waals surface area contributed by atoms with Gasteiger partial charge in [-0.25, -0.2) is 4.98 Å². The van der Waals surface area contributed by atoms with Crippen LogP contribution in [0.3, 0.4) is 0 Å². The van der Waals surface area contributed by atoms with E-state index in [2.05, 4.69) is 26.2 Å². The first-order valence-corrected chi connectivity index (χ1v) is 8.77. The molecule has 2 rings (SSSR count). The molecule has 0 saturated carbocycles. The Morgan fingerprint density at radius 1 is 1.33 bits per heavy atom. The van der Waals surface area contributed by atoms with E-state index < -0.39 is 5.97 Å². The van der Waals surface area contributed by atoms with E-state index >= 15 is 0 Å². The quantitative estimate of drug-likeness (QED) is 0.713. The first-order valence-electron chi connectivity index (χ1n) is 6.22. The molecule has 2 aromatic rings. The van der Waals surface area contributed by atoms with Gasteiger partial charge in [0.05, 0.1) is 17.0 Å². The molecule has 0 unspecified atom stereocenters. The fourth-order valence-electron chi connectivity index (χ4n) is 1.62. The number of hydrogen-bond donors (Lipinski definition) is 2. The Kier molecular flexibility index (Phi) is 5.89. The van der Waals surface area contributed by atoms with Crippen LogP contribution in [0.5, 0.6) is 0 Å². The van der Waals surface area contributed by atoms with E-state index in [-0.39, 0.29) is 18.7 Å². The minimum Gasteiger partial charge on any atom is -0.481 e. The molecule has 0 bridgehead atoms. The molecule has 8 heteroatoms. The van der Waals surface area contributed by atoms with Gasteiger partial charge in [0.1, 0.15) is 5.01 Å².